The number of anilines is 1. The molecule has 204 valence electrons. The number of aromatic nitrogens is 2. The van der Waals surface area contributed by atoms with Crippen LogP contribution in [0.25, 0.3) is 22.2 Å². The van der Waals surface area contributed by atoms with Gasteiger partial charge in [-0.2, -0.15) is 0 Å². The van der Waals surface area contributed by atoms with Crippen molar-refractivity contribution in [1.82, 2.24) is 20.6 Å². The Labute approximate surface area is 231 Å². The Morgan fingerprint density at radius 1 is 1.12 bits per heavy atom. The van der Waals surface area contributed by atoms with Gasteiger partial charge in [-0.3, -0.25) is 9.78 Å². The maximum absolute atomic E-state index is 13.5. The number of carbonyl (C=O) groups is 2. The van der Waals surface area contributed by atoms with E-state index in [1.807, 2.05) is 19.1 Å². The van der Waals surface area contributed by atoms with E-state index in [1.165, 1.54) is 12.1 Å². The van der Waals surface area contributed by atoms with E-state index in [4.69, 9.17) is 9.72 Å². The summed E-state index contributed by atoms with van der Waals surface area (Å²) in [5.41, 5.74) is 4.67. The van der Waals surface area contributed by atoms with Crippen molar-refractivity contribution < 1.29 is 18.7 Å². The number of halogens is 1. The molecule has 3 N–H and O–H groups in total. The molecule has 8 nitrogen and oxygen atoms in total. The van der Waals surface area contributed by atoms with E-state index in [1.54, 1.807) is 36.5 Å². The highest BCUT2D eigenvalue weighted by Gasteiger charge is 2.38. The average molecular weight is 540 g/mol. The molecule has 3 amide bonds. The highest BCUT2D eigenvalue weighted by Crippen LogP contribution is 2.41. The Kier molecular flexibility index (Phi) is 6.57. The summed E-state index contributed by atoms with van der Waals surface area (Å²) in [6, 6.07) is 15.0. The molecule has 2 aromatic heterocycles. The first kappa shape index (κ1) is 25.7. The third kappa shape index (κ3) is 5.32. The van der Waals surface area contributed by atoms with Crippen molar-refractivity contribution in [2.24, 2.45) is 0 Å². The molecule has 4 aromatic rings. The molecule has 1 saturated carbocycles. The van der Waals surface area contributed by atoms with Crippen molar-refractivity contribution in [3.8, 4) is 17.0 Å². The Bertz CT molecular complexity index is 1620. The van der Waals surface area contributed by atoms with Gasteiger partial charge in [0.2, 0.25) is 0 Å². The summed E-state index contributed by atoms with van der Waals surface area (Å²) in [4.78, 5) is 35.0. The lowest BCUT2D eigenvalue weighted by atomic mass is 9.99. The number of rotatable bonds is 7. The fourth-order valence-electron chi connectivity index (χ4n) is 4.92. The van der Waals surface area contributed by atoms with Crippen LogP contribution in [0.2, 0.25) is 0 Å². The van der Waals surface area contributed by atoms with E-state index in [0.29, 0.717) is 42.0 Å². The minimum atomic E-state index is -0.317. The maximum Gasteiger partial charge on any atom is 0.319 e. The predicted molar refractivity (Wildman–Crippen MR) is 151 cm³/mol. The van der Waals surface area contributed by atoms with E-state index in [0.717, 1.165) is 40.8 Å². The number of nitrogens with one attached hydrogen (secondary N) is 3. The molecule has 9 heteroatoms. The van der Waals surface area contributed by atoms with Crippen molar-refractivity contribution in [3.05, 3.63) is 83.4 Å². The minimum Gasteiger partial charge on any atom is -0.490 e. The van der Waals surface area contributed by atoms with Gasteiger partial charge in [-0.05, 0) is 68.3 Å². The Balaban J connectivity index is 1.19. The monoisotopic (exact) mass is 539 g/mol. The zero-order valence-corrected chi connectivity index (χ0v) is 22.4. The number of hydrogen-bond donors (Lipinski definition) is 3. The van der Waals surface area contributed by atoms with E-state index >= 15 is 0 Å². The van der Waals surface area contributed by atoms with Crippen molar-refractivity contribution in [3.63, 3.8) is 0 Å². The van der Waals surface area contributed by atoms with Gasteiger partial charge in [0.15, 0.2) is 0 Å². The summed E-state index contributed by atoms with van der Waals surface area (Å²) in [6.45, 7) is 5.02. The number of carbonyl (C=O) groups excluding carboxylic acids is 2. The number of ether oxygens (including phenoxy) is 1. The fourth-order valence-corrected chi connectivity index (χ4v) is 4.92. The van der Waals surface area contributed by atoms with Gasteiger partial charge in [-0.25, -0.2) is 14.2 Å². The van der Waals surface area contributed by atoms with E-state index in [9.17, 15) is 14.0 Å². The van der Waals surface area contributed by atoms with Crippen molar-refractivity contribution in [2.45, 2.75) is 44.6 Å². The first-order chi connectivity index (χ1) is 19.3. The molecule has 1 aliphatic heterocycles. The molecule has 3 heterocycles. The molecule has 1 atom stereocenters. The van der Waals surface area contributed by atoms with Crippen LogP contribution in [-0.2, 0) is 6.42 Å². The van der Waals surface area contributed by atoms with Crippen molar-refractivity contribution >= 4 is 28.5 Å². The van der Waals surface area contributed by atoms with Crippen LogP contribution in [0, 0.1) is 5.82 Å². The molecule has 0 bridgehead atoms. The maximum atomic E-state index is 13.5. The second kappa shape index (κ2) is 10.2. The van der Waals surface area contributed by atoms with E-state index in [2.05, 4.69) is 27.9 Å². The van der Waals surface area contributed by atoms with Gasteiger partial charge in [0, 0.05) is 58.4 Å². The molecule has 0 radical (unpaired) electrons. The first-order valence-electron chi connectivity index (χ1n) is 13.5. The van der Waals surface area contributed by atoms with Gasteiger partial charge in [-0.15, -0.1) is 0 Å². The van der Waals surface area contributed by atoms with Crippen molar-refractivity contribution in [1.29, 1.82) is 0 Å². The average Bonchev–Trinajstić information content (AvgIpc) is 3.55. The summed E-state index contributed by atoms with van der Waals surface area (Å²) < 4.78 is 19.4. The van der Waals surface area contributed by atoms with Crippen molar-refractivity contribution in [2.75, 3.05) is 18.5 Å². The summed E-state index contributed by atoms with van der Waals surface area (Å²) in [5, 5.41) is 9.57. The van der Waals surface area contributed by atoms with Crippen LogP contribution in [0.4, 0.5) is 14.9 Å². The lowest BCUT2D eigenvalue weighted by molar-refractivity contribution is 0.0954. The molecule has 40 heavy (non-hydrogen) atoms. The molecule has 2 aromatic carbocycles. The zero-order valence-electron chi connectivity index (χ0n) is 22.4. The summed E-state index contributed by atoms with van der Waals surface area (Å²) in [6.07, 6.45) is 4.04. The van der Waals surface area contributed by atoms with Gasteiger partial charge >= 0.3 is 6.03 Å². The third-order valence-corrected chi connectivity index (χ3v) is 7.48. The second-order valence-electron chi connectivity index (χ2n) is 10.8. The number of amides is 3. The molecule has 6 rings (SSSR count). The number of pyridine rings is 2. The molecule has 1 fully saturated rings. The topological polar surface area (TPSA) is 105 Å². The lowest BCUT2D eigenvalue weighted by Gasteiger charge is -2.15. The fraction of sp³-hybridized carbons (Fsp3) is 0.290. The van der Waals surface area contributed by atoms with Gasteiger partial charge in [0.05, 0.1) is 17.8 Å². The Hall–Kier alpha value is -4.53. The largest absolute Gasteiger partial charge is 0.490 e. The summed E-state index contributed by atoms with van der Waals surface area (Å²) in [5.74, 6) is 0.368. The molecule has 0 saturated heterocycles. The first-order valence-corrected chi connectivity index (χ1v) is 13.5. The number of nitrogens with zero attached hydrogens (tertiary/aromatic N) is 2. The molecular formula is C31H30FN5O3. The van der Waals surface area contributed by atoms with Crippen LogP contribution in [0.1, 0.15) is 54.2 Å². The number of urea groups is 1. The summed E-state index contributed by atoms with van der Waals surface area (Å²) >= 11 is 0. The SMILES string of the molecule is CC1COc2c1cc(CCNC(=O)c1cc(NC(=O)NC3(C)CC3)c3ncccc3c1)nc2-c1ccc(F)cc1. The standard InChI is InChI=1S/C31H30FN5O3/c1-18-17-40-28-24(18)16-23(35-27(28)19-5-7-22(32)8-6-19)9-13-34-29(38)21-14-20-4-3-12-33-26(20)25(15-21)36-30(39)37-31(2)10-11-31/h3-8,12,14-16,18H,9-11,13,17H2,1-2H3,(H,34,38)(H2,36,37,39). The molecular weight excluding hydrogens is 509 g/mol. The molecule has 2 aliphatic rings. The lowest BCUT2D eigenvalue weighted by Crippen LogP contribution is -2.37. The normalized spacial score (nSPS) is 16.6. The minimum absolute atomic E-state index is 0.172. The smallest absolute Gasteiger partial charge is 0.319 e. The van der Waals surface area contributed by atoms with Gasteiger partial charge in [-0.1, -0.05) is 13.0 Å². The van der Waals surface area contributed by atoms with E-state index in [-0.39, 0.29) is 29.2 Å². The van der Waals surface area contributed by atoms with Crippen LogP contribution in [0.5, 0.6) is 5.75 Å². The number of hydrogen-bond acceptors (Lipinski definition) is 5. The second-order valence-corrected chi connectivity index (χ2v) is 10.8. The quantitative estimate of drug-likeness (QED) is 0.284. The number of benzene rings is 2. The predicted octanol–water partition coefficient (Wildman–Crippen LogP) is 5.58. The van der Waals surface area contributed by atoms with Gasteiger partial charge in [0.25, 0.3) is 5.91 Å². The molecule has 0 spiro atoms. The Morgan fingerprint density at radius 3 is 2.70 bits per heavy atom. The molecule has 1 unspecified atom stereocenters. The molecule has 1 aliphatic carbocycles. The highest BCUT2D eigenvalue weighted by molar-refractivity contribution is 6.05. The van der Waals surface area contributed by atoms with Crippen LogP contribution in [0.15, 0.2) is 60.8 Å². The third-order valence-electron chi connectivity index (χ3n) is 7.48. The van der Waals surface area contributed by atoms with Crippen LogP contribution >= 0.6 is 0 Å². The van der Waals surface area contributed by atoms with Gasteiger partial charge in [0.1, 0.15) is 17.3 Å². The number of fused-ring (bicyclic) bond motifs is 2. The zero-order chi connectivity index (χ0) is 27.9. The van der Waals surface area contributed by atoms with Crippen LogP contribution in [-0.4, -0.2) is 40.6 Å². The van der Waals surface area contributed by atoms with Crippen LogP contribution < -0.4 is 20.7 Å². The van der Waals surface area contributed by atoms with Crippen LogP contribution in [0.3, 0.4) is 0 Å². The Morgan fingerprint density at radius 2 is 1.93 bits per heavy atom. The van der Waals surface area contributed by atoms with E-state index < -0.39 is 0 Å². The summed E-state index contributed by atoms with van der Waals surface area (Å²) in [7, 11) is 0. The van der Waals surface area contributed by atoms with Gasteiger partial charge < -0.3 is 20.7 Å². The highest BCUT2D eigenvalue weighted by atomic mass is 19.1.